The Balaban J connectivity index is 1.78. The quantitative estimate of drug-likeness (QED) is 0.885. The van der Waals surface area contributed by atoms with Crippen molar-refractivity contribution in [2.45, 2.75) is 5.75 Å². The van der Waals surface area contributed by atoms with Crippen LogP contribution in [-0.4, -0.2) is 36.6 Å². The minimum Gasteiger partial charge on any atom is -0.345 e. The highest BCUT2D eigenvalue weighted by Gasteiger charge is 2.07. The van der Waals surface area contributed by atoms with Crippen LogP contribution < -0.4 is 5.32 Å². The zero-order chi connectivity index (χ0) is 16.7. The summed E-state index contributed by atoms with van der Waals surface area (Å²) in [4.78, 5) is 25.2. The van der Waals surface area contributed by atoms with E-state index >= 15 is 0 Å². The van der Waals surface area contributed by atoms with Crippen LogP contribution >= 0.6 is 11.8 Å². The summed E-state index contributed by atoms with van der Waals surface area (Å²) in [6.07, 6.45) is 0. The van der Waals surface area contributed by atoms with E-state index in [9.17, 15) is 9.59 Å². The van der Waals surface area contributed by atoms with Gasteiger partial charge in [-0.1, -0.05) is 30.3 Å². The molecule has 4 nitrogen and oxygen atoms in total. The van der Waals surface area contributed by atoms with Gasteiger partial charge >= 0.3 is 0 Å². The Labute approximate surface area is 140 Å². The first kappa shape index (κ1) is 17.1. The lowest BCUT2D eigenvalue weighted by Crippen LogP contribution is -2.21. The third-order valence-corrected chi connectivity index (χ3v) is 4.17. The van der Waals surface area contributed by atoms with Gasteiger partial charge in [0.15, 0.2) is 0 Å². The minimum atomic E-state index is -0.0133. The second-order valence-electron chi connectivity index (χ2n) is 5.30. The maximum atomic E-state index is 11.8. The first-order valence-corrected chi connectivity index (χ1v) is 8.45. The van der Waals surface area contributed by atoms with Crippen molar-refractivity contribution in [3.05, 3.63) is 65.7 Å². The molecule has 0 fully saturated rings. The lowest BCUT2D eigenvalue weighted by atomic mass is 10.1. The fraction of sp³-hybridized carbons (Fsp3) is 0.222. The molecule has 0 aliphatic heterocycles. The number of amides is 2. The van der Waals surface area contributed by atoms with Crippen molar-refractivity contribution in [1.29, 1.82) is 0 Å². The van der Waals surface area contributed by atoms with Crippen LogP contribution in [-0.2, 0) is 10.5 Å². The third kappa shape index (κ3) is 5.45. The fourth-order valence-corrected chi connectivity index (χ4v) is 2.77. The van der Waals surface area contributed by atoms with Crippen LogP contribution in [0.3, 0.4) is 0 Å². The van der Waals surface area contributed by atoms with Crippen LogP contribution in [0.2, 0.25) is 0 Å². The Hall–Kier alpha value is -2.27. The highest BCUT2D eigenvalue weighted by atomic mass is 32.2. The smallest absolute Gasteiger partial charge is 0.253 e. The summed E-state index contributed by atoms with van der Waals surface area (Å²) in [5.74, 6) is 1.11. The van der Waals surface area contributed by atoms with Crippen LogP contribution in [0.4, 0.5) is 5.69 Å². The van der Waals surface area contributed by atoms with Crippen LogP contribution in [0.5, 0.6) is 0 Å². The van der Waals surface area contributed by atoms with E-state index in [2.05, 4.69) is 5.32 Å². The lowest BCUT2D eigenvalue weighted by molar-refractivity contribution is -0.113. The molecule has 0 unspecified atom stereocenters. The number of anilines is 1. The molecule has 0 saturated carbocycles. The van der Waals surface area contributed by atoms with Crippen molar-refractivity contribution in [3.8, 4) is 0 Å². The molecule has 0 saturated heterocycles. The molecule has 2 aromatic carbocycles. The Morgan fingerprint density at radius 3 is 2.26 bits per heavy atom. The number of carbonyl (C=O) groups is 2. The Kier molecular flexibility index (Phi) is 6.23. The normalized spacial score (nSPS) is 10.2. The van der Waals surface area contributed by atoms with Crippen molar-refractivity contribution in [2.24, 2.45) is 0 Å². The van der Waals surface area contributed by atoms with Crippen LogP contribution in [0.1, 0.15) is 15.9 Å². The highest BCUT2D eigenvalue weighted by molar-refractivity contribution is 7.99. The summed E-state index contributed by atoms with van der Waals surface area (Å²) in [7, 11) is 3.47. The Bertz CT molecular complexity index is 654. The number of hydrogen-bond acceptors (Lipinski definition) is 3. The van der Waals surface area contributed by atoms with Crippen LogP contribution in [0.15, 0.2) is 54.6 Å². The number of benzene rings is 2. The standard InChI is InChI=1S/C18H20N2O2S/c1-20(2)18(22)15-10-8-14(9-11-15)12-23-13-17(21)19-16-6-4-3-5-7-16/h3-11H,12-13H2,1-2H3,(H,19,21). The maximum absolute atomic E-state index is 11.8. The molecule has 0 radical (unpaired) electrons. The number of thioether (sulfide) groups is 1. The minimum absolute atomic E-state index is 0.00792. The molecule has 0 aliphatic rings. The number of nitrogens with zero attached hydrogens (tertiary/aromatic N) is 1. The number of carbonyl (C=O) groups excluding carboxylic acids is 2. The number of nitrogens with one attached hydrogen (secondary N) is 1. The molecule has 0 bridgehead atoms. The predicted octanol–water partition coefficient (Wildman–Crippen LogP) is 3.26. The van der Waals surface area contributed by atoms with E-state index in [-0.39, 0.29) is 11.8 Å². The molecule has 120 valence electrons. The zero-order valence-corrected chi connectivity index (χ0v) is 14.1. The summed E-state index contributed by atoms with van der Waals surface area (Å²) >= 11 is 1.55. The molecule has 0 aromatic heterocycles. The predicted molar refractivity (Wildman–Crippen MR) is 95.7 cm³/mol. The monoisotopic (exact) mass is 328 g/mol. The number of hydrogen-bond donors (Lipinski definition) is 1. The van der Waals surface area contributed by atoms with E-state index in [1.165, 1.54) is 0 Å². The topological polar surface area (TPSA) is 49.4 Å². The largest absolute Gasteiger partial charge is 0.345 e. The van der Waals surface area contributed by atoms with Gasteiger partial charge < -0.3 is 10.2 Å². The molecule has 5 heteroatoms. The van der Waals surface area contributed by atoms with Crippen LogP contribution in [0, 0.1) is 0 Å². The van der Waals surface area contributed by atoms with Crippen molar-refractivity contribution in [3.63, 3.8) is 0 Å². The molecular formula is C18H20N2O2S. The average molecular weight is 328 g/mol. The van der Waals surface area contributed by atoms with E-state index in [4.69, 9.17) is 0 Å². The molecular weight excluding hydrogens is 308 g/mol. The first-order chi connectivity index (χ1) is 11.1. The summed E-state index contributed by atoms with van der Waals surface area (Å²) < 4.78 is 0. The summed E-state index contributed by atoms with van der Waals surface area (Å²) in [5, 5.41) is 2.85. The van der Waals surface area contributed by atoms with E-state index < -0.39 is 0 Å². The molecule has 1 N–H and O–H groups in total. The molecule has 2 amide bonds. The molecule has 0 heterocycles. The molecule has 23 heavy (non-hydrogen) atoms. The molecule has 0 aliphatic carbocycles. The maximum Gasteiger partial charge on any atom is 0.253 e. The average Bonchev–Trinajstić information content (AvgIpc) is 2.55. The first-order valence-electron chi connectivity index (χ1n) is 7.29. The Morgan fingerprint density at radius 1 is 1.00 bits per heavy atom. The highest BCUT2D eigenvalue weighted by Crippen LogP contribution is 2.14. The van der Waals surface area contributed by atoms with Gasteiger partial charge in [-0.05, 0) is 29.8 Å². The molecule has 2 aromatic rings. The van der Waals surface area contributed by atoms with Crippen molar-refractivity contribution >= 4 is 29.3 Å². The summed E-state index contributed by atoms with van der Waals surface area (Å²) in [6, 6.07) is 16.9. The summed E-state index contributed by atoms with van der Waals surface area (Å²) in [5.41, 5.74) is 2.58. The zero-order valence-electron chi connectivity index (χ0n) is 13.3. The number of rotatable bonds is 6. The van der Waals surface area contributed by atoms with Crippen molar-refractivity contribution < 1.29 is 9.59 Å². The summed E-state index contributed by atoms with van der Waals surface area (Å²) in [6.45, 7) is 0. The van der Waals surface area contributed by atoms with Gasteiger partial charge in [-0.15, -0.1) is 11.8 Å². The van der Waals surface area contributed by atoms with E-state index in [1.54, 1.807) is 30.8 Å². The molecule has 0 spiro atoms. The van der Waals surface area contributed by atoms with Crippen LogP contribution in [0.25, 0.3) is 0 Å². The van der Waals surface area contributed by atoms with Gasteiger partial charge in [-0.3, -0.25) is 9.59 Å². The van der Waals surface area contributed by atoms with E-state index in [0.29, 0.717) is 11.3 Å². The second kappa shape index (κ2) is 8.39. The van der Waals surface area contributed by atoms with Gasteiger partial charge in [-0.2, -0.15) is 0 Å². The second-order valence-corrected chi connectivity index (χ2v) is 6.29. The van der Waals surface area contributed by atoms with Gasteiger partial charge in [0.25, 0.3) is 5.91 Å². The SMILES string of the molecule is CN(C)C(=O)c1ccc(CSCC(=O)Nc2ccccc2)cc1. The van der Waals surface area contributed by atoms with E-state index in [0.717, 1.165) is 17.0 Å². The molecule has 2 rings (SSSR count). The van der Waals surface area contributed by atoms with Gasteiger partial charge in [0.05, 0.1) is 5.75 Å². The molecule has 0 atom stereocenters. The van der Waals surface area contributed by atoms with Crippen molar-refractivity contribution in [1.82, 2.24) is 4.90 Å². The number of para-hydroxylation sites is 1. The van der Waals surface area contributed by atoms with Gasteiger partial charge in [0.2, 0.25) is 5.91 Å². The van der Waals surface area contributed by atoms with E-state index in [1.807, 2.05) is 54.6 Å². The van der Waals surface area contributed by atoms with Gasteiger partial charge in [0.1, 0.15) is 0 Å². The van der Waals surface area contributed by atoms with Crippen molar-refractivity contribution in [2.75, 3.05) is 25.2 Å². The Morgan fingerprint density at radius 2 is 1.65 bits per heavy atom. The van der Waals surface area contributed by atoms with Gasteiger partial charge in [0, 0.05) is 31.1 Å². The van der Waals surface area contributed by atoms with Gasteiger partial charge in [-0.25, -0.2) is 0 Å². The lowest BCUT2D eigenvalue weighted by Gasteiger charge is -2.10. The third-order valence-electron chi connectivity index (χ3n) is 3.17. The fourth-order valence-electron chi connectivity index (χ4n) is 1.98.